The molecule has 0 heterocycles. The summed E-state index contributed by atoms with van der Waals surface area (Å²) >= 11 is 0. The van der Waals surface area contributed by atoms with Gasteiger partial charge in [0.2, 0.25) is 0 Å². The molecule has 1 aromatic carbocycles. The molecule has 1 rings (SSSR count). The Morgan fingerprint density at radius 3 is 2.28 bits per heavy atom. The van der Waals surface area contributed by atoms with Crippen LogP contribution in [0, 0.1) is 0 Å². The van der Waals surface area contributed by atoms with Gasteiger partial charge in [-0.15, -0.1) is 0 Å². The number of carbonyl (C=O) groups is 3. The first kappa shape index (κ1) is 22.3. The lowest BCUT2D eigenvalue weighted by atomic mass is 10.2. The Hall–Kier alpha value is -2.73. The molecular formula is C19H24O6. The summed E-state index contributed by atoms with van der Waals surface area (Å²) in [6, 6.07) is 9.31. The zero-order chi connectivity index (χ0) is 19.1. The molecule has 0 aliphatic heterocycles. The Bertz CT molecular complexity index is 598. The number of rotatable bonds is 7. The third-order valence-corrected chi connectivity index (χ3v) is 2.64. The second-order valence-corrected chi connectivity index (χ2v) is 4.84. The molecular weight excluding hydrogens is 324 g/mol. The molecule has 0 spiro atoms. The fourth-order valence-electron chi connectivity index (χ4n) is 1.52. The lowest BCUT2D eigenvalue weighted by molar-refractivity contribution is -0.153. The summed E-state index contributed by atoms with van der Waals surface area (Å²) in [6.07, 6.45) is 5.15. The van der Waals surface area contributed by atoms with Crippen molar-refractivity contribution in [3.05, 3.63) is 53.6 Å². The van der Waals surface area contributed by atoms with Gasteiger partial charge in [0.05, 0.1) is 6.61 Å². The van der Waals surface area contributed by atoms with Gasteiger partial charge in [-0.05, 0) is 31.9 Å². The van der Waals surface area contributed by atoms with Gasteiger partial charge in [0.15, 0.2) is 0 Å². The smallest absolute Gasteiger partial charge is 0.341 e. The summed E-state index contributed by atoms with van der Waals surface area (Å²) in [5.74, 6) is -2.14. The average molecular weight is 348 g/mol. The van der Waals surface area contributed by atoms with Crippen LogP contribution in [-0.4, -0.2) is 36.2 Å². The van der Waals surface area contributed by atoms with E-state index < -0.39 is 17.9 Å². The van der Waals surface area contributed by atoms with Crippen molar-refractivity contribution in [3.63, 3.8) is 0 Å². The van der Waals surface area contributed by atoms with Gasteiger partial charge < -0.3 is 14.6 Å². The predicted octanol–water partition coefficient (Wildman–Crippen LogP) is 3.23. The number of ether oxygens (including phenoxy) is 2. The standard InChI is InChI=1S/C17H20O4.C2H4O2/c1-3-20-13-7-8-14(2)17(19)21-16(18)12-11-15-9-5-4-6-10-15;1-2(3)4/h4-6,8-12H,3,7,13H2,1-2H3;1H3,(H,3,4)/b12-11+,14-8?;. The van der Waals surface area contributed by atoms with E-state index in [1.807, 2.05) is 37.3 Å². The first-order valence-corrected chi connectivity index (χ1v) is 7.80. The van der Waals surface area contributed by atoms with Crippen LogP contribution >= 0.6 is 0 Å². The second kappa shape index (κ2) is 13.7. The molecule has 0 aliphatic rings. The molecule has 0 saturated heterocycles. The minimum Gasteiger partial charge on any atom is -0.481 e. The highest BCUT2D eigenvalue weighted by atomic mass is 16.6. The molecule has 0 bridgehead atoms. The van der Waals surface area contributed by atoms with Crippen LogP contribution in [0.5, 0.6) is 0 Å². The summed E-state index contributed by atoms with van der Waals surface area (Å²) in [6.45, 7) is 5.79. The summed E-state index contributed by atoms with van der Waals surface area (Å²) in [7, 11) is 0. The molecule has 0 aliphatic carbocycles. The lowest BCUT2D eigenvalue weighted by Crippen LogP contribution is -2.11. The van der Waals surface area contributed by atoms with Gasteiger partial charge >= 0.3 is 11.9 Å². The van der Waals surface area contributed by atoms with E-state index in [-0.39, 0.29) is 0 Å². The average Bonchev–Trinajstić information content (AvgIpc) is 2.57. The molecule has 6 heteroatoms. The Kier molecular flexibility index (Phi) is 12.2. The van der Waals surface area contributed by atoms with Crippen molar-refractivity contribution in [3.8, 4) is 0 Å². The Balaban J connectivity index is 0.00000129. The van der Waals surface area contributed by atoms with Gasteiger partial charge in [0, 0.05) is 25.2 Å². The summed E-state index contributed by atoms with van der Waals surface area (Å²) in [5.41, 5.74) is 1.27. The monoisotopic (exact) mass is 348 g/mol. The maximum Gasteiger partial charge on any atom is 0.341 e. The molecule has 0 saturated carbocycles. The molecule has 0 radical (unpaired) electrons. The molecule has 0 unspecified atom stereocenters. The maximum absolute atomic E-state index is 11.6. The van der Waals surface area contributed by atoms with Crippen molar-refractivity contribution in [2.45, 2.75) is 27.2 Å². The van der Waals surface area contributed by atoms with Crippen molar-refractivity contribution in [2.75, 3.05) is 13.2 Å². The third-order valence-electron chi connectivity index (χ3n) is 2.64. The lowest BCUT2D eigenvalue weighted by Gasteiger charge is -2.01. The van der Waals surface area contributed by atoms with Crippen LogP contribution in [0.15, 0.2) is 48.1 Å². The molecule has 0 fully saturated rings. The van der Waals surface area contributed by atoms with Gasteiger partial charge in [-0.3, -0.25) is 4.79 Å². The number of hydrogen-bond acceptors (Lipinski definition) is 5. The molecule has 6 nitrogen and oxygen atoms in total. The second-order valence-electron chi connectivity index (χ2n) is 4.84. The van der Waals surface area contributed by atoms with Gasteiger partial charge in [0.1, 0.15) is 0 Å². The van der Waals surface area contributed by atoms with E-state index in [0.29, 0.717) is 25.2 Å². The normalized spacial score (nSPS) is 10.8. The minimum absolute atomic E-state index is 0.399. The van der Waals surface area contributed by atoms with Crippen LogP contribution in [0.25, 0.3) is 6.08 Å². The van der Waals surface area contributed by atoms with Crippen molar-refractivity contribution >= 4 is 24.0 Å². The highest BCUT2D eigenvalue weighted by Gasteiger charge is 2.09. The molecule has 0 aromatic heterocycles. The van der Waals surface area contributed by atoms with Crippen LogP contribution in [0.1, 0.15) is 32.8 Å². The molecule has 1 aromatic rings. The highest BCUT2D eigenvalue weighted by molar-refractivity contribution is 6.00. The quantitative estimate of drug-likeness (QED) is 0.352. The van der Waals surface area contributed by atoms with Crippen LogP contribution in [0.4, 0.5) is 0 Å². The maximum atomic E-state index is 11.6. The van der Waals surface area contributed by atoms with Crippen LogP contribution < -0.4 is 0 Å². The summed E-state index contributed by atoms with van der Waals surface area (Å²) < 4.78 is 9.87. The van der Waals surface area contributed by atoms with E-state index in [1.165, 1.54) is 6.08 Å². The van der Waals surface area contributed by atoms with Gasteiger partial charge in [-0.25, -0.2) is 9.59 Å². The van der Waals surface area contributed by atoms with E-state index in [2.05, 4.69) is 0 Å². The largest absolute Gasteiger partial charge is 0.481 e. The van der Waals surface area contributed by atoms with Gasteiger partial charge in [-0.2, -0.15) is 0 Å². The summed E-state index contributed by atoms with van der Waals surface area (Å²) in [5, 5.41) is 7.42. The number of aliphatic carboxylic acids is 1. The zero-order valence-corrected chi connectivity index (χ0v) is 14.7. The number of esters is 2. The predicted molar refractivity (Wildman–Crippen MR) is 94.8 cm³/mol. The van der Waals surface area contributed by atoms with Crippen molar-refractivity contribution in [1.29, 1.82) is 0 Å². The molecule has 25 heavy (non-hydrogen) atoms. The van der Waals surface area contributed by atoms with Crippen LogP contribution in [0.2, 0.25) is 0 Å². The minimum atomic E-state index is -0.833. The molecule has 0 amide bonds. The Morgan fingerprint density at radius 1 is 1.12 bits per heavy atom. The highest BCUT2D eigenvalue weighted by Crippen LogP contribution is 2.03. The topological polar surface area (TPSA) is 89.9 Å². The number of carboxylic acid groups (broad SMARTS) is 1. The number of hydrogen-bond donors (Lipinski definition) is 1. The van der Waals surface area contributed by atoms with E-state index in [0.717, 1.165) is 12.5 Å². The number of carbonyl (C=O) groups excluding carboxylic acids is 2. The van der Waals surface area contributed by atoms with E-state index in [4.69, 9.17) is 19.4 Å². The van der Waals surface area contributed by atoms with Gasteiger partial charge in [0.25, 0.3) is 5.97 Å². The molecule has 0 atom stereocenters. The Labute approximate surface area is 147 Å². The van der Waals surface area contributed by atoms with Gasteiger partial charge in [-0.1, -0.05) is 36.4 Å². The molecule has 1 N–H and O–H groups in total. The van der Waals surface area contributed by atoms with E-state index >= 15 is 0 Å². The van der Waals surface area contributed by atoms with E-state index in [9.17, 15) is 9.59 Å². The number of carboxylic acids is 1. The fraction of sp³-hybridized carbons (Fsp3) is 0.316. The third kappa shape index (κ3) is 13.4. The van der Waals surface area contributed by atoms with Crippen molar-refractivity contribution in [2.24, 2.45) is 0 Å². The van der Waals surface area contributed by atoms with Crippen molar-refractivity contribution in [1.82, 2.24) is 0 Å². The Morgan fingerprint density at radius 2 is 1.72 bits per heavy atom. The molecule has 136 valence electrons. The first-order valence-electron chi connectivity index (χ1n) is 7.80. The van der Waals surface area contributed by atoms with E-state index in [1.54, 1.807) is 19.1 Å². The van der Waals surface area contributed by atoms with Crippen LogP contribution in [0.3, 0.4) is 0 Å². The fourth-order valence-corrected chi connectivity index (χ4v) is 1.52. The SMILES string of the molecule is CC(=O)O.CCOCCC=C(C)C(=O)OC(=O)/C=C/c1ccccc1. The summed E-state index contributed by atoms with van der Waals surface area (Å²) in [4.78, 5) is 32.2. The van der Waals surface area contributed by atoms with Crippen molar-refractivity contribution < 1.29 is 29.0 Å². The first-order chi connectivity index (χ1) is 11.9. The number of benzene rings is 1. The zero-order valence-electron chi connectivity index (χ0n) is 14.7. The van der Waals surface area contributed by atoms with Crippen LogP contribution in [-0.2, 0) is 23.9 Å².